The van der Waals surface area contributed by atoms with E-state index in [1.165, 1.54) is 0 Å². The summed E-state index contributed by atoms with van der Waals surface area (Å²) in [7, 11) is 1.84. The van der Waals surface area contributed by atoms with Crippen molar-refractivity contribution in [1.29, 1.82) is 0 Å². The van der Waals surface area contributed by atoms with E-state index in [9.17, 15) is 4.79 Å². The van der Waals surface area contributed by atoms with Gasteiger partial charge in [0.25, 0.3) is 0 Å². The molecule has 0 aromatic heterocycles. The Bertz CT molecular complexity index is 462. The Hall–Kier alpha value is -0.480. The molecule has 150 valence electrons. The first-order valence-electron chi connectivity index (χ1n) is 9.34. The van der Waals surface area contributed by atoms with Crippen molar-refractivity contribution in [1.82, 2.24) is 20.0 Å². The number of halogens is 1. The molecule has 1 N–H and O–H groups in total. The average Bonchev–Trinajstić information content (AvgIpc) is 3.18. The van der Waals surface area contributed by atoms with Gasteiger partial charge in [-0.15, -0.1) is 30.6 Å². The highest BCUT2D eigenvalue weighted by molar-refractivity contribution is 14.0. The standard InChI is InChI=1S/C18H33N5OS.HI/c1-4-14-25-15-7-20-18(19-3)23-12-10-21(11-13-23)16(2)17(24)22-8-5-6-9-22;/h4,16H,1,5-15H2,2-3H3,(H,19,20);1H. The van der Waals surface area contributed by atoms with Gasteiger partial charge in [-0.2, -0.15) is 11.8 Å². The Balaban J connectivity index is 0.00000338. The molecule has 2 saturated heterocycles. The number of thioether (sulfide) groups is 1. The third-order valence-corrected chi connectivity index (χ3v) is 5.88. The summed E-state index contributed by atoms with van der Waals surface area (Å²) in [4.78, 5) is 23.6. The van der Waals surface area contributed by atoms with Crippen molar-refractivity contribution in [2.75, 3.05) is 64.4 Å². The highest BCUT2D eigenvalue weighted by Crippen LogP contribution is 2.14. The quantitative estimate of drug-likeness (QED) is 0.192. The van der Waals surface area contributed by atoms with Gasteiger partial charge in [0, 0.05) is 64.4 Å². The lowest BCUT2D eigenvalue weighted by atomic mass is 10.2. The first-order chi connectivity index (χ1) is 12.2. The number of nitrogens with one attached hydrogen (secondary N) is 1. The SMILES string of the molecule is C=CCSCCNC(=NC)N1CCN(C(C)C(=O)N2CCCC2)CC1.I. The topological polar surface area (TPSA) is 51.2 Å². The van der Waals surface area contributed by atoms with Crippen LogP contribution in [0.15, 0.2) is 17.6 Å². The smallest absolute Gasteiger partial charge is 0.239 e. The molecule has 2 heterocycles. The summed E-state index contributed by atoms with van der Waals surface area (Å²) < 4.78 is 0. The molecule has 0 bridgehead atoms. The fraction of sp³-hybridized carbons (Fsp3) is 0.778. The van der Waals surface area contributed by atoms with Crippen LogP contribution in [-0.2, 0) is 4.79 Å². The van der Waals surface area contributed by atoms with E-state index < -0.39 is 0 Å². The molecule has 0 radical (unpaired) electrons. The molecule has 0 spiro atoms. The number of amides is 1. The lowest BCUT2D eigenvalue weighted by Gasteiger charge is -2.39. The highest BCUT2D eigenvalue weighted by Gasteiger charge is 2.30. The van der Waals surface area contributed by atoms with Gasteiger partial charge in [0.05, 0.1) is 6.04 Å². The molecule has 0 aromatic carbocycles. The number of likely N-dealkylation sites (tertiary alicyclic amines) is 1. The van der Waals surface area contributed by atoms with Gasteiger partial charge in [0.15, 0.2) is 5.96 Å². The van der Waals surface area contributed by atoms with Crippen LogP contribution in [-0.4, -0.2) is 97.0 Å². The minimum Gasteiger partial charge on any atom is -0.355 e. The molecular formula is C18H34IN5OS. The Morgan fingerprint density at radius 1 is 1.19 bits per heavy atom. The molecule has 1 amide bonds. The molecule has 2 aliphatic heterocycles. The fourth-order valence-electron chi connectivity index (χ4n) is 3.41. The number of hydrogen-bond donors (Lipinski definition) is 1. The molecule has 2 aliphatic rings. The van der Waals surface area contributed by atoms with Gasteiger partial charge in [-0.1, -0.05) is 6.08 Å². The Labute approximate surface area is 179 Å². The third kappa shape index (κ3) is 6.92. The van der Waals surface area contributed by atoms with E-state index in [1.807, 2.05) is 29.8 Å². The minimum atomic E-state index is -0.00877. The van der Waals surface area contributed by atoms with E-state index in [4.69, 9.17) is 0 Å². The molecule has 1 unspecified atom stereocenters. The van der Waals surface area contributed by atoms with E-state index in [2.05, 4.69) is 33.6 Å². The van der Waals surface area contributed by atoms with E-state index in [0.717, 1.165) is 76.1 Å². The summed E-state index contributed by atoms with van der Waals surface area (Å²) >= 11 is 1.87. The number of carbonyl (C=O) groups excluding carboxylic acids is 1. The number of piperazine rings is 1. The molecule has 2 rings (SSSR count). The van der Waals surface area contributed by atoms with Crippen LogP contribution in [0.1, 0.15) is 19.8 Å². The fourth-order valence-corrected chi connectivity index (χ4v) is 3.99. The zero-order chi connectivity index (χ0) is 18.1. The van der Waals surface area contributed by atoms with Crippen LogP contribution in [0.25, 0.3) is 0 Å². The van der Waals surface area contributed by atoms with Crippen molar-refractivity contribution >= 4 is 47.6 Å². The van der Waals surface area contributed by atoms with E-state index in [1.54, 1.807) is 0 Å². The van der Waals surface area contributed by atoms with Gasteiger partial charge >= 0.3 is 0 Å². The lowest BCUT2D eigenvalue weighted by molar-refractivity contribution is -0.135. The number of aliphatic imine (C=N–C) groups is 1. The van der Waals surface area contributed by atoms with Crippen LogP contribution in [0.4, 0.5) is 0 Å². The van der Waals surface area contributed by atoms with Crippen LogP contribution in [0.3, 0.4) is 0 Å². The molecule has 1 atom stereocenters. The molecule has 0 aliphatic carbocycles. The maximum atomic E-state index is 12.6. The molecule has 0 saturated carbocycles. The second-order valence-electron chi connectivity index (χ2n) is 6.57. The first kappa shape index (κ1) is 23.6. The molecule has 26 heavy (non-hydrogen) atoms. The maximum Gasteiger partial charge on any atom is 0.239 e. The zero-order valence-electron chi connectivity index (χ0n) is 16.2. The maximum absolute atomic E-state index is 12.6. The molecule has 2 fully saturated rings. The molecule has 6 nitrogen and oxygen atoms in total. The molecular weight excluding hydrogens is 461 g/mol. The van der Waals surface area contributed by atoms with Crippen LogP contribution in [0.5, 0.6) is 0 Å². The summed E-state index contributed by atoms with van der Waals surface area (Å²) in [6.07, 6.45) is 4.24. The third-order valence-electron chi connectivity index (χ3n) is 4.91. The monoisotopic (exact) mass is 495 g/mol. The van der Waals surface area contributed by atoms with Crippen molar-refractivity contribution in [3.8, 4) is 0 Å². The predicted molar refractivity (Wildman–Crippen MR) is 123 cm³/mol. The van der Waals surface area contributed by atoms with E-state index in [-0.39, 0.29) is 30.0 Å². The second kappa shape index (κ2) is 12.8. The zero-order valence-corrected chi connectivity index (χ0v) is 19.3. The summed E-state index contributed by atoms with van der Waals surface area (Å²) in [6.45, 7) is 12.2. The summed E-state index contributed by atoms with van der Waals surface area (Å²) in [5.74, 6) is 3.30. The Morgan fingerprint density at radius 3 is 2.42 bits per heavy atom. The second-order valence-corrected chi connectivity index (χ2v) is 7.72. The van der Waals surface area contributed by atoms with Gasteiger partial charge in [0.1, 0.15) is 0 Å². The number of rotatable bonds is 7. The van der Waals surface area contributed by atoms with Crippen LogP contribution in [0.2, 0.25) is 0 Å². The van der Waals surface area contributed by atoms with Crippen molar-refractivity contribution in [3.05, 3.63) is 12.7 Å². The lowest BCUT2D eigenvalue weighted by Crippen LogP contribution is -2.57. The van der Waals surface area contributed by atoms with Crippen molar-refractivity contribution < 1.29 is 4.79 Å². The number of carbonyl (C=O) groups is 1. The van der Waals surface area contributed by atoms with E-state index >= 15 is 0 Å². The normalized spacial score (nSPS) is 19.8. The Kier molecular flexibility index (Phi) is 11.6. The average molecular weight is 495 g/mol. The summed E-state index contributed by atoms with van der Waals surface area (Å²) in [5.41, 5.74) is 0. The number of nitrogens with zero attached hydrogens (tertiary/aromatic N) is 4. The number of hydrogen-bond acceptors (Lipinski definition) is 4. The van der Waals surface area contributed by atoms with Crippen LogP contribution >= 0.6 is 35.7 Å². The van der Waals surface area contributed by atoms with Gasteiger partial charge in [-0.3, -0.25) is 14.7 Å². The molecule has 8 heteroatoms. The van der Waals surface area contributed by atoms with Crippen molar-refractivity contribution in [2.24, 2.45) is 4.99 Å². The number of guanidine groups is 1. The molecule has 0 aromatic rings. The first-order valence-corrected chi connectivity index (χ1v) is 10.5. The summed E-state index contributed by atoms with van der Waals surface area (Å²) in [6, 6.07) is -0.00877. The van der Waals surface area contributed by atoms with Crippen LogP contribution in [0, 0.1) is 0 Å². The summed E-state index contributed by atoms with van der Waals surface area (Å²) in [5, 5.41) is 3.44. The predicted octanol–water partition coefficient (Wildman–Crippen LogP) is 1.73. The van der Waals surface area contributed by atoms with Gasteiger partial charge < -0.3 is 15.1 Å². The largest absolute Gasteiger partial charge is 0.355 e. The van der Waals surface area contributed by atoms with Gasteiger partial charge in [-0.05, 0) is 19.8 Å². The Morgan fingerprint density at radius 2 is 1.85 bits per heavy atom. The highest BCUT2D eigenvalue weighted by atomic mass is 127. The van der Waals surface area contributed by atoms with Crippen molar-refractivity contribution in [2.45, 2.75) is 25.8 Å². The minimum absolute atomic E-state index is 0. The van der Waals surface area contributed by atoms with E-state index in [0.29, 0.717) is 5.91 Å². The van der Waals surface area contributed by atoms with Gasteiger partial charge in [0.2, 0.25) is 5.91 Å². The van der Waals surface area contributed by atoms with Gasteiger partial charge in [-0.25, -0.2) is 0 Å². The van der Waals surface area contributed by atoms with Crippen molar-refractivity contribution in [3.63, 3.8) is 0 Å². The van der Waals surface area contributed by atoms with Crippen LogP contribution < -0.4 is 5.32 Å².